The number of rotatable bonds is 3. The Labute approximate surface area is 91.8 Å². The van der Waals surface area contributed by atoms with Gasteiger partial charge in [0.2, 0.25) is 0 Å². The van der Waals surface area contributed by atoms with Crippen LogP contribution >= 0.6 is 0 Å². The Hall–Kier alpha value is -0.830. The maximum Gasteiger partial charge on any atom is 0.328 e. The molecule has 0 aliphatic carbocycles. The van der Waals surface area contributed by atoms with Crippen molar-refractivity contribution < 1.29 is 9.90 Å². The van der Waals surface area contributed by atoms with Crippen LogP contribution in [0.3, 0.4) is 0 Å². The largest absolute Gasteiger partial charge is 0.478 e. The lowest BCUT2D eigenvalue weighted by molar-refractivity contribution is -0.131. The summed E-state index contributed by atoms with van der Waals surface area (Å²) in [5.41, 5.74) is 0.934. The summed E-state index contributed by atoms with van der Waals surface area (Å²) in [6.45, 7) is 9.43. The molecule has 0 spiro atoms. The van der Waals surface area contributed by atoms with Gasteiger partial charge in [-0.2, -0.15) is 0 Å². The summed E-state index contributed by atoms with van der Waals surface area (Å²) < 4.78 is 0. The first kappa shape index (κ1) is 12.2. The quantitative estimate of drug-likeness (QED) is 0.726. The SMILES string of the molecule is CC(=CC(=O)O)CN1CCC(C)C(C)C1. The van der Waals surface area contributed by atoms with Crippen LogP contribution in [-0.4, -0.2) is 35.6 Å². The van der Waals surface area contributed by atoms with Gasteiger partial charge in [-0.1, -0.05) is 19.4 Å². The van der Waals surface area contributed by atoms with Crippen LogP contribution in [0.4, 0.5) is 0 Å². The van der Waals surface area contributed by atoms with Gasteiger partial charge in [0.05, 0.1) is 0 Å². The van der Waals surface area contributed by atoms with E-state index in [1.165, 1.54) is 12.5 Å². The summed E-state index contributed by atoms with van der Waals surface area (Å²) in [6.07, 6.45) is 2.53. The van der Waals surface area contributed by atoms with Crippen LogP contribution in [0.2, 0.25) is 0 Å². The molecule has 1 aliphatic heterocycles. The molecule has 1 heterocycles. The Balaban J connectivity index is 2.43. The number of carboxylic acids is 1. The monoisotopic (exact) mass is 211 g/mol. The predicted molar refractivity (Wildman–Crippen MR) is 60.8 cm³/mol. The second-order valence-corrected chi connectivity index (χ2v) is 4.81. The van der Waals surface area contributed by atoms with Crippen LogP contribution in [0.15, 0.2) is 11.6 Å². The molecule has 0 saturated carbocycles. The van der Waals surface area contributed by atoms with Crippen molar-refractivity contribution in [1.29, 1.82) is 0 Å². The summed E-state index contributed by atoms with van der Waals surface area (Å²) in [7, 11) is 0. The van der Waals surface area contributed by atoms with Crippen LogP contribution in [0.5, 0.6) is 0 Å². The third-order valence-corrected chi connectivity index (χ3v) is 3.26. The molecule has 3 heteroatoms. The second-order valence-electron chi connectivity index (χ2n) is 4.81. The van der Waals surface area contributed by atoms with Crippen molar-refractivity contribution in [3.8, 4) is 0 Å². The molecule has 86 valence electrons. The molecule has 2 atom stereocenters. The smallest absolute Gasteiger partial charge is 0.328 e. The zero-order chi connectivity index (χ0) is 11.4. The standard InChI is InChI=1S/C12H21NO2/c1-9(6-12(14)15)7-13-5-4-10(2)11(3)8-13/h6,10-11H,4-5,7-8H2,1-3H3,(H,14,15). The van der Waals surface area contributed by atoms with E-state index in [-0.39, 0.29) is 0 Å². The highest BCUT2D eigenvalue weighted by Gasteiger charge is 2.22. The fraction of sp³-hybridized carbons (Fsp3) is 0.750. The van der Waals surface area contributed by atoms with Gasteiger partial charge in [0, 0.05) is 19.2 Å². The molecule has 0 radical (unpaired) electrons. The number of hydrogen-bond acceptors (Lipinski definition) is 2. The van der Waals surface area contributed by atoms with Gasteiger partial charge in [-0.3, -0.25) is 4.90 Å². The van der Waals surface area contributed by atoms with E-state index in [0.717, 1.165) is 37.0 Å². The molecule has 0 aromatic heterocycles. The van der Waals surface area contributed by atoms with Gasteiger partial charge in [0.1, 0.15) is 0 Å². The number of likely N-dealkylation sites (tertiary alicyclic amines) is 1. The number of carbonyl (C=O) groups is 1. The molecule has 1 rings (SSSR count). The molecule has 1 N–H and O–H groups in total. The molecular formula is C12H21NO2. The average Bonchev–Trinajstić information content (AvgIpc) is 2.10. The number of piperidine rings is 1. The van der Waals surface area contributed by atoms with E-state index in [0.29, 0.717) is 0 Å². The minimum Gasteiger partial charge on any atom is -0.478 e. The van der Waals surface area contributed by atoms with E-state index in [2.05, 4.69) is 18.7 Å². The van der Waals surface area contributed by atoms with Crippen LogP contribution in [0.25, 0.3) is 0 Å². The number of aliphatic carboxylic acids is 1. The van der Waals surface area contributed by atoms with E-state index in [9.17, 15) is 4.79 Å². The Morgan fingerprint density at radius 3 is 2.67 bits per heavy atom. The molecule has 1 saturated heterocycles. The Kier molecular flexibility index (Phi) is 4.33. The van der Waals surface area contributed by atoms with Crippen LogP contribution in [-0.2, 0) is 4.79 Å². The van der Waals surface area contributed by atoms with Crippen molar-refractivity contribution in [2.75, 3.05) is 19.6 Å². The second kappa shape index (κ2) is 5.31. The fourth-order valence-corrected chi connectivity index (χ4v) is 2.10. The minimum absolute atomic E-state index is 0.719. The third-order valence-electron chi connectivity index (χ3n) is 3.26. The zero-order valence-corrected chi connectivity index (χ0v) is 9.86. The molecule has 0 aromatic carbocycles. The van der Waals surface area contributed by atoms with Crippen LogP contribution in [0, 0.1) is 11.8 Å². The van der Waals surface area contributed by atoms with Crippen molar-refractivity contribution >= 4 is 5.97 Å². The van der Waals surface area contributed by atoms with Gasteiger partial charge in [-0.15, -0.1) is 0 Å². The Morgan fingerprint density at radius 1 is 1.47 bits per heavy atom. The Morgan fingerprint density at radius 2 is 2.13 bits per heavy atom. The van der Waals surface area contributed by atoms with Crippen LogP contribution < -0.4 is 0 Å². The number of nitrogens with zero attached hydrogens (tertiary/aromatic N) is 1. The number of carboxylic acid groups (broad SMARTS) is 1. The van der Waals surface area contributed by atoms with E-state index >= 15 is 0 Å². The highest BCUT2D eigenvalue weighted by atomic mass is 16.4. The number of hydrogen-bond donors (Lipinski definition) is 1. The summed E-state index contributed by atoms with van der Waals surface area (Å²) >= 11 is 0. The van der Waals surface area contributed by atoms with E-state index in [1.54, 1.807) is 0 Å². The van der Waals surface area contributed by atoms with Crippen molar-refractivity contribution in [3.63, 3.8) is 0 Å². The lowest BCUT2D eigenvalue weighted by Crippen LogP contribution is -2.39. The third kappa shape index (κ3) is 4.04. The molecule has 0 bridgehead atoms. The van der Waals surface area contributed by atoms with Gasteiger partial charge < -0.3 is 5.11 Å². The van der Waals surface area contributed by atoms with E-state index in [1.807, 2.05) is 6.92 Å². The molecule has 3 nitrogen and oxygen atoms in total. The molecule has 2 unspecified atom stereocenters. The van der Waals surface area contributed by atoms with Crippen molar-refractivity contribution in [2.24, 2.45) is 11.8 Å². The summed E-state index contributed by atoms with van der Waals surface area (Å²) in [5, 5.41) is 8.61. The van der Waals surface area contributed by atoms with Crippen LogP contribution in [0.1, 0.15) is 27.2 Å². The molecular weight excluding hydrogens is 190 g/mol. The molecule has 15 heavy (non-hydrogen) atoms. The summed E-state index contributed by atoms with van der Waals surface area (Å²) in [6, 6.07) is 0. The van der Waals surface area contributed by atoms with E-state index in [4.69, 9.17) is 5.11 Å². The first-order chi connectivity index (χ1) is 6.99. The van der Waals surface area contributed by atoms with Gasteiger partial charge in [0.15, 0.2) is 0 Å². The normalized spacial score (nSPS) is 29.1. The maximum atomic E-state index is 10.5. The highest BCUT2D eigenvalue weighted by Crippen LogP contribution is 2.22. The molecule has 0 aromatic rings. The first-order valence-corrected chi connectivity index (χ1v) is 5.61. The van der Waals surface area contributed by atoms with Gasteiger partial charge in [-0.05, 0) is 31.7 Å². The minimum atomic E-state index is -0.842. The highest BCUT2D eigenvalue weighted by molar-refractivity contribution is 5.80. The van der Waals surface area contributed by atoms with Crippen molar-refractivity contribution in [3.05, 3.63) is 11.6 Å². The van der Waals surface area contributed by atoms with Gasteiger partial charge >= 0.3 is 5.97 Å². The Bertz CT molecular complexity index is 260. The topological polar surface area (TPSA) is 40.5 Å². The molecule has 1 fully saturated rings. The zero-order valence-electron chi connectivity index (χ0n) is 9.86. The summed E-state index contributed by atoms with van der Waals surface area (Å²) in [4.78, 5) is 12.8. The van der Waals surface area contributed by atoms with E-state index < -0.39 is 5.97 Å². The van der Waals surface area contributed by atoms with Gasteiger partial charge in [-0.25, -0.2) is 4.79 Å². The predicted octanol–water partition coefficient (Wildman–Crippen LogP) is 2.00. The van der Waals surface area contributed by atoms with Crippen molar-refractivity contribution in [2.45, 2.75) is 27.2 Å². The van der Waals surface area contributed by atoms with Gasteiger partial charge in [0.25, 0.3) is 0 Å². The first-order valence-electron chi connectivity index (χ1n) is 5.61. The summed E-state index contributed by atoms with van der Waals surface area (Å²) in [5.74, 6) is 0.673. The fourth-order valence-electron chi connectivity index (χ4n) is 2.10. The molecule has 0 amide bonds. The lowest BCUT2D eigenvalue weighted by atomic mass is 9.88. The average molecular weight is 211 g/mol. The lowest BCUT2D eigenvalue weighted by Gasteiger charge is -2.35. The molecule has 1 aliphatic rings. The van der Waals surface area contributed by atoms with Crippen molar-refractivity contribution in [1.82, 2.24) is 4.90 Å². The maximum absolute atomic E-state index is 10.5.